The van der Waals surface area contributed by atoms with Crippen LogP contribution < -0.4 is 4.74 Å². The fraction of sp³-hybridized carbons (Fsp3) is 0.286. The number of rotatable bonds is 5. The van der Waals surface area contributed by atoms with Gasteiger partial charge in [-0.05, 0) is 35.4 Å². The number of aryl methyl sites for hydroxylation is 1. The second-order valence-electron chi connectivity index (χ2n) is 4.00. The van der Waals surface area contributed by atoms with Crippen molar-refractivity contribution < 1.29 is 9.84 Å². The van der Waals surface area contributed by atoms with Crippen LogP contribution in [0.5, 0.6) is 5.75 Å². The van der Waals surface area contributed by atoms with Gasteiger partial charge in [-0.25, -0.2) is 0 Å². The van der Waals surface area contributed by atoms with E-state index in [1.165, 1.54) is 5.56 Å². The molecule has 0 fully saturated rings. The molecule has 0 saturated heterocycles. The minimum Gasteiger partial charge on any atom is -0.493 e. The minimum absolute atomic E-state index is 0.0233. The molecule has 0 unspecified atom stereocenters. The van der Waals surface area contributed by atoms with Gasteiger partial charge < -0.3 is 9.84 Å². The molecule has 17 heavy (non-hydrogen) atoms. The van der Waals surface area contributed by atoms with E-state index in [4.69, 9.17) is 4.74 Å². The molecule has 0 radical (unpaired) electrons. The first kappa shape index (κ1) is 12.1. The van der Waals surface area contributed by atoms with E-state index in [0.29, 0.717) is 6.61 Å². The van der Waals surface area contributed by atoms with Crippen molar-refractivity contribution in [2.24, 2.45) is 0 Å². The van der Waals surface area contributed by atoms with Gasteiger partial charge in [-0.1, -0.05) is 17.7 Å². The molecule has 3 heteroatoms. The van der Waals surface area contributed by atoms with E-state index in [-0.39, 0.29) is 6.61 Å². The van der Waals surface area contributed by atoms with Gasteiger partial charge in [0.15, 0.2) is 0 Å². The predicted molar refractivity (Wildman–Crippen MR) is 70.6 cm³/mol. The summed E-state index contributed by atoms with van der Waals surface area (Å²) >= 11 is 1.70. The first-order valence-corrected chi connectivity index (χ1v) is 6.58. The Morgan fingerprint density at radius 2 is 2.18 bits per heavy atom. The highest BCUT2D eigenvalue weighted by Gasteiger charge is 2.03. The van der Waals surface area contributed by atoms with Crippen molar-refractivity contribution >= 4 is 11.3 Å². The van der Waals surface area contributed by atoms with Crippen LogP contribution in [-0.2, 0) is 13.0 Å². The number of hydrogen-bond donors (Lipinski definition) is 1. The summed E-state index contributed by atoms with van der Waals surface area (Å²) in [5.41, 5.74) is 3.29. The van der Waals surface area contributed by atoms with E-state index in [1.54, 1.807) is 11.3 Å². The molecule has 1 aromatic heterocycles. The van der Waals surface area contributed by atoms with Crippen LogP contribution in [0.2, 0.25) is 0 Å². The number of aliphatic hydroxyl groups excluding tert-OH is 1. The van der Waals surface area contributed by atoms with Crippen molar-refractivity contribution in [1.82, 2.24) is 0 Å². The molecule has 0 spiro atoms. The van der Waals surface area contributed by atoms with E-state index in [2.05, 4.69) is 16.8 Å². The third-order valence-electron chi connectivity index (χ3n) is 2.61. The first-order chi connectivity index (χ1) is 8.29. The Morgan fingerprint density at radius 3 is 2.88 bits per heavy atom. The molecule has 0 amide bonds. The summed E-state index contributed by atoms with van der Waals surface area (Å²) in [6, 6.07) is 7.99. The van der Waals surface area contributed by atoms with Gasteiger partial charge in [-0.2, -0.15) is 11.3 Å². The van der Waals surface area contributed by atoms with Crippen molar-refractivity contribution in [2.75, 3.05) is 6.61 Å². The molecule has 1 heterocycles. The van der Waals surface area contributed by atoms with Crippen LogP contribution in [0, 0.1) is 6.92 Å². The molecule has 0 saturated carbocycles. The zero-order valence-corrected chi connectivity index (χ0v) is 10.7. The number of ether oxygens (including phenoxy) is 1. The van der Waals surface area contributed by atoms with Crippen LogP contribution in [0.1, 0.15) is 16.7 Å². The molecule has 0 aliphatic heterocycles. The number of benzene rings is 1. The van der Waals surface area contributed by atoms with Crippen molar-refractivity contribution in [2.45, 2.75) is 20.0 Å². The van der Waals surface area contributed by atoms with E-state index in [0.717, 1.165) is 23.3 Å². The largest absolute Gasteiger partial charge is 0.493 e. The highest BCUT2D eigenvalue weighted by molar-refractivity contribution is 7.07. The lowest BCUT2D eigenvalue weighted by Gasteiger charge is -2.10. The Morgan fingerprint density at radius 1 is 1.29 bits per heavy atom. The van der Waals surface area contributed by atoms with Crippen LogP contribution >= 0.6 is 11.3 Å². The summed E-state index contributed by atoms with van der Waals surface area (Å²) in [5, 5.41) is 13.4. The summed E-state index contributed by atoms with van der Waals surface area (Å²) in [6.45, 7) is 2.68. The first-order valence-electron chi connectivity index (χ1n) is 5.64. The van der Waals surface area contributed by atoms with Gasteiger partial charge in [-0.3, -0.25) is 0 Å². The lowest BCUT2D eigenvalue weighted by atomic mass is 10.1. The molecule has 1 N–H and O–H groups in total. The average molecular weight is 248 g/mol. The summed E-state index contributed by atoms with van der Waals surface area (Å²) in [6.07, 6.45) is 0.905. The van der Waals surface area contributed by atoms with Crippen molar-refractivity contribution in [3.8, 4) is 5.75 Å². The SMILES string of the molecule is Cc1ccc(OCCc2ccsc2)c(CO)c1. The van der Waals surface area contributed by atoms with Crippen molar-refractivity contribution in [3.05, 3.63) is 51.7 Å². The molecule has 2 rings (SSSR count). The Labute approximate surface area is 105 Å². The van der Waals surface area contributed by atoms with Crippen LogP contribution in [0.15, 0.2) is 35.0 Å². The zero-order chi connectivity index (χ0) is 12.1. The van der Waals surface area contributed by atoms with Crippen LogP contribution in [0.3, 0.4) is 0 Å². The smallest absolute Gasteiger partial charge is 0.124 e. The Kier molecular flexibility index (Phi) is 4.18. The molecular formula is C14H16O2S. The summed E-state index contributed by atoms with van der Waals surface area (Å²) in [5.74, 6) is 0.785. The van der Waals surface area contributed by atoms with Gasteiger partial charge in [0, 0.05) is 12.0 Å². The van der Waals surface area contributed by atoms with E-state index in [9.17, 15) is 5.11 Å². The van der Waals surface area contributed by atoms with E-state index < -0.39 is 0 Å². The third kappa shape index (κ3) is 3.32. The Hall–Kier alpha value is -1.32. The molecule has 0 aliphatic rings. The van der Waals surface area contributed by atoms with Gasteiger partial charge in [0.25, 0.3) is 0 Å². The molecule has 2 nitrogen and oxygen atoms in total. The van der Waals surface area contributed by atoms with Crippen LogP contribution in [0.4, 0.5) is 0 Å². The number of thiophene rings is 1. The monoisotopic (exact) mass is 248 g/mol. The topological polar surface area (TPSA) is 29.5 Å². The maximum Gasteiger partial charge on any atom is 0.124 e. The minimum atomic E-state index is 0.0233. The van der Waals surface area contributed by atoms with Gasteiger partial charge in [0.2, 0.25) is 0 Å². The third-order valence-corrected chi connectivity index (χ3v) is 3.35. The van der Waals surface area contributed by atoms with Crippen molar-refractivity contribution in [3.63, 3.8) is 0 Å². The quantitative estimate of drug-likeness (QED) is 0.880. The fourth-order valence-electron chi connectivity index (χ4n) is 1.69. The van der Waals surface area contributed by atoms with Gasteiger partial charge >= 0.3 is 0 Å². The van der Waals surface area contributed by atoms with Crippen LogP contribution in [-0.4, -0.2) is 11.7 Å². The lowest BCUT2D eigenvalue weighted by Crippen LogP contribution is -2.03. The summed E-state index contributed by atoms with van der Waals surface area (Å²) in [4.78, 5) is 0. The van der Waals surface area contributed by atoms with E-state index in [1.807, 2.05) is 25.1 Å². The molecule has 0 bridgehead atoms. The predicted octanol–water partition coefficient (Wildman–Crippen LogP) is 3.17. The Bertz CT molecular complexity index is 463. The summed E-state index contributed by atoms with van der Waals surface area (Å²) in [7, 11) is 0. The van der Waals surface area contributed by atoms with E-state index >= 15 is 0 Å². The zero-order valence-electron chi connectivity index (χ0n) is 9.85. The van der Waals surface area contributed by atoms with Gasteiger partial charge in [-0.15, -0.1) is 0 Å². The Balaban J connectivity index is 1.94. The normalized spacial score (nSPS) is 10.5. The average Bonchev–Trinajstić information content (AvgIpc) is 2.84. The molecule has 90 valence electrons. The lowest BCUT2D eigenvalue weighted by molar-refractivity contribution is 0.263. The maximum absolute atomic E-state index is 9.25. The molecule has 0 aliphatic carbocycles. The maximum atomic E-state index is 9.25. The van der Waals surface area contributed by atoms with Gasteiger partial charge in [0.1, 0.15) is 5.75 Å². The van der Waals surface area contributed by atoms with Gasteiger partial charge in [0.05, 0.1) is 13.2 Å². The number of hydrogen-bond acceptors (Lipinski definition) is 3. The number of aliphatic hydroxyl groups is 1. The highest BCUT2D eigenvalue weighted by Crippen LogP contribution is 2.20. The second kappa shape index (κ2) is 5.84. The molecular weight excluding hydrogens is 232 g/mol. The van der Waals surface area contributed by atoms with Crippen LogP contribution in [0.25, 0.3) is 0 Å². The molecule has 0 atom stereocenters. The van der Waals surface area contributed by atoms with Crippen molar-refractivity contribution in [1.29, 1.82) is 0 Å². The standard InChI is InChI=1S/C14H16O2S/c1-11-2-3-14(13(8-11)9-15)16-6-4-12-5-7-17-10-12/h2-3,5,7-8,10,15H,4,6,9H2,1H3. The highest BCUT2D eigenvalue weighted by atomic mass is 32.1. The summed E-state index contributed by atoms with van der Waals surface area (Å²) < 4.78 is 5.70. The molecule has 2 aromatic rings. The molecule has 1 aromatic carbocycles. The fourth-order valence-corrected chi connectivity index (χ4v) is 2.39. The second-order valence-corrected chi connectivity index (χ2v) is 4.78.